The fourth-order valence-electron chi connectivity index (χ4n) is 4.71. The van der Waals surface area contributed by atoms with Crippen LogP contribution < -0.4 is 9.47 Å². The van der Waals surface area contributed by atoms with Crippen molar-refractivity contribution in [3.63, 3.8) is 0 Å². The van der Waals surface area contributed by atoms with E-state index >= 15 is 0 Å². The maximum Gasteiger partial charge on any atom is 0.168 e. The summed E-state index contributed by atoms with van der Waals surface area (Å²) in [6, 6.07) is 3.60. The monoisotopic (exact) mass is 483 g/mol. The summed E-state index contributed by atoms with van der Waals surface area (Å²) in [6.45, 7) is 6.02. The van der Waals surface area contributed by atoms with Crippen LogP contribution in [-0.4, -0.2) is 109 Å². The number of ether oxygens (including phenoxy) is 2. The fraction of sp³-hybridized carbons (Fsp3) is 0.520. The minimum absolute atomic E-state index is 0.0415. The van der Waals surface area contributed by atoms with Crippen LogP contribution >= 0.6 is 0 Å². The lowest BCUT2D eigenvalue weighted by molar-refractivity contribution is -0.116. The molecule has 188 valence electrons. The van der Waals surface area contributed by atoms with E-state index in [1.165, 1.54) is 12.5 Å². The molecule has 1 aliphatic heterocycles. The maximum atomic E-state index is 12.9. The van der Waals surface area contributed by atoms with Gasteiger partial charge in [-0.2, -0.15) is 0 Å². The second kappa shape index (κ2) is 11.6. The molecule has 10 heteroatoms. The second-order valence-corrected chi connectivity index (χ2v) is 8.81. The summed E-state index contributed by atoms with van der Waals surface area (Å²) in [4.78, 5) is 30.7. The molecular weight excluding hydrogens is 450 g/mol. The van der Waals surface area contributed by atoms with Crippen molar-refractivity contribution in [1.29, 1.82) is 0 Å². The number of Topliss-reactive ketones (excluding diaryl/α,β-unsaturated/α-hetero) is 1. The van der Waals surface area contributed by atoms with E-state index in [0.29, 0.717) is 35.7 Å². The quantitative estimate of drug-likeness (QED) is 0.512. The normalized spacial score (nSPS) is 20.2. The molecule has 0 bridgehead atoms. The first kappa shape index (κ1) is 25.0. The van der Waals surface area contributed by atoms with Crippen LogP contribution in [0.5, 0.6) is 11.5 Å². The van der Waals surface area contributed by atoms with Crippen LogP contribution in [0.2, 0.25) is 0 Å². The number of β-amino-alcohol motifs (C(OH)–C–C–N with tert-alkyl or cyclic N) is 1. The van der Waals surface area contributed by atoms with Crippen LogP contribution in [0, 0.1) is 0 Å². The summed E-state index contributed by atoms with van der Waals surface area (Å²) in [6.07, 6.45) is 3.52. The molecule has 1 saturated heterocycles. The van der Waals surface area contributed by atoms with Crippen LogP contribution in [-0.2, 0) is 4.79 Å². The van der Waals surface area contributed by atoms with Crippen molar-refractivity contribution in [3.05, 3.63) is 35.5 Å². The standard InChI is InChI=1S/C25H33N5O5/c1-34-23-13-18-20(14-24(23)35-2)27-16-28-25(18)17-11-21(32)19(22(33)12-17)15-26-3-4-29-5-7-30(8-6-29)9-10-31/h13-17,31-32H,3-12H2,1-2H3. The number of allylic oxidation sites excluding steroid dienone is 2. The number of fused-ring (bicyclic) bond motifs is 1. The number of hydrogen-bond acceptors (Lipinski definition) is 10. The highest BCUT2D eigenvalue weighted by molar-refractivity contribution is 6.14. The zero-order valence-corrected chi connectivity index (χ0v) is 20.3. The van der Waals surface area contributed by atoms with Gasteiger partial charge in [0, 0.05) is 75.7 Å². The first-order valence-electron chi connectivity index (χ1n) is 11.9. The summed E-state index contributed by atoms with van der Waals surface area (Å²) in [5, 5.41) is 20.5. The van der Waals surface area contributed by atoms with Gasteiger partial charge in [0.15, 0.2) is 17.3 Å². The number of methoxy groups -OCH3 is 2. The molecule has 1 fully saturated rings. The Morgan fingerprint density at radius 2 is 1.74 bits per heavy atom. The molecule has 2 aliphatic rings. The van der Waals surface area contributed by atoms with E-state index in [4.69, 9.17) is 14.6 Å². The number of aliphatic hydroxyl groups is 2. The third-order valence-electron chi connectivity index (χ3n) is 6.69. The number of aromatic nitrogens is 2. The maximum absolute atomic E-state index is 12.9. The molecule has 1 aliphatic carbocycles. The molecule has 0 amide bonds. The van der Waals surface area contributed by atoms with Crippen molar-refractivity contribution >= 4 is 22.9 Å². The molecule has 2 N–H and O–H groups in total. The summed E-state index contributed by atoms with van der Waals surface area (Å²) in [5.74, 6) is 0.754. The van der Waals surface area contributed by atoms with Gasteiger partial charge < -0.3 is 19.7 Å². The molecule has 1 aromatic carbocycles. The molecular formula is C25H33N5O5. The van der Waals surface area contributed by atoms with Crippen LogP contribution in [0.3, 0.4) is 0 Å². The molecule has 2 heterocycles. The number of carbonyl (C=O) groups is 1. The van der Waals surface area contributed by atoms with E-state index < -0.39 is 0 Å². The highest BCUT2D eigenvalue weighted by Crippen LogP contribution is 2.38. The largest absolute Gasteiger partial charge is 0.511 e. The molecule has 35 heavy (non-hydrogen) atoms. The Labute approximate surface area is 204 Å². The summed E-state index contributed by atoms with van der Waals surface area (Å²) >= 11 is 0. The number of aliphatic imine (C=N–C) groups is 1. The summed E-state index contributed by atoms with van der Waals surface area (Å²) < 4.78 is 10.8. The Kier molecular flexibility index (Phi) is 8.27. The van der Waals surface area contributed by atoms with E-state index in [1.54, 1.807) is 20.3 Å². The number of piperazine rings is 1. The Morgan fingerprint density at radius 3 is 2.40 bits per heavy atom. The highest BCUT2D eigenvalue weighted by Gasteiger charge is 2.30. The Balaban J connectivity index is 1.42. The van der Waals surface area contributed by atoms with Crippen molar-refractivity contribution in [2.75, 3.05) is 66.6 Å². The number of aliphatic hydroxyl groups excluding tert-OH is 2. The van der Waals surface area contributed by atoms with Crippen molar-refractivity contribution in [2.45, 2.75) is 18.8 Å². The van der Waals surface area contributed by atoms with Gasteiger partial charge in [-0.3, -0.25) is 19.6 Å². The number of hydrogen-bond donors (Lipinski definition) is 2. The number of ketones is 1. The average molecular weight is 484 g/mol. The highest BCUT2D eigenvalue weighted by atomic mass is 16.5. The Hall–Kier alpha value is -3.08. The van der Waals surface area contributed by atoms with Gasteiger partial charge in [0.2, 0.25) is 0 Å². The van der Waals surface area contributed by atoms with Gasteiger partial charge in [0.25, 0.3) is 0 Å². The van der Waals surface area contributed by atoms with E-state index in [9.17, 15) is 9.90 Å². The van der Waals surface area contributed by atoms with Gasteiger partial charge in [-0.25, -0.2) is 9.97 Å². The summed E-state index contributed by atoms with van der Waals surface area (Å²) in [5.41, 5.74) is 1.67. The number of rotatable bonds is 9. The van der Waals surface area contributed by atoms with E-state index in [-0.39, 0.29) is 36.1 Å². The first-order valence-corrected chi connectivity index (χ1v) is 11.9. The van der Waals surface area contributed by atoms with E-state index in [2.05, 4.69) is 24.8 Å². The van der Waals surface area contributed by atoms with Crippen molar-refractivity contribution in [3.8, 4) is 11.5 Å². The smallest absolute Gasteiger partial charge is 0.168 e. The molecule has 0 spiro atoms. The van der Waals surface area contributed by atoms with Crippen LogP contribution in [0.15, 0.2) is 34.8 Å². The predicted octanol–water partition coefficient (Wildman–Crippen LogP) is 1.59. The number of nitrogens with zero attached hydrogens (tertiary/aromatic N) is 5. The number of benzene rings is 1. The lowest BCUT2D eigenvalue weighted by Crippen LogP contribution is -2.47. The topological polar surface area (TPSA) is 121 Å². The van der Waals surface area contributed by atoms with Crippen molar-refractivity contribution in [1.82, 2.24) is 19.8 Å². The van der Waals surface area contributed by atoms with Gasteiger partial charge >= 0.3 is 0 Å². The molecule has 1 aromatic heterocycles. The van der Waals surface area contributed by atoms with E-state index in [0.717, 1.165) is 44.7 Å². The third kappa shape index (κ3) is 5.77. The zero-order chi connectivity index (χ0) is 24.8. The van der Waals surface area contributed by atoms with Gasteiger partial charge in [0.05, 0.1) is 44.2 Å². The number of carbonyl (C=O) groups excluding carboxylic acids is 1. The SMILES string of the molecule is COc1cc2ncnc(C3CC(=O)C(C=NCCN4CCN(CCO)CC4)=C(O)C3)c2cc1OC. The van der Waals surface area contributed by atoms with Crippen molar-refractivity contribution in [2.24, 2.45) is 4.99 Å². The van der Waals surface area contributed by atoms with Crippen LogP contribution in [0.4, 0.5) is 0 Å². The second-order valence-electron chi connectivity index (χ2n) is 8.81. The molecule has 1 unspecified atom stereocenters. The molecule has 2 aromatic rings. The van der Waals surface area contributed by atoms with Gasteiger partial charge in [-0.1, -0.05) is 0 Å². The minimum atomic E-state index is -0.265. The van der Waals surface area contributed by atoms with Gasteiger partial charge in [-0.05, 0) is 6.07 Å². The summed E-state index contributed by atoms with van der Waals surface area (Å²) in [7, 11) is 3.13. The lowest BCUT2D eigenvalue weighted by Gasteiger charge is -2.33. The van der Waals surface area contributed by atoms with Gasteiger partial charge in [0.1, 0.15) is 12.1 Å². The van der Waals surface area contributed by atoms with Crippen molar-refractivity contribution < 1.29 is 24.5 Å². The first-order chi connectivity index (χ1) is 17.0. The fourth-order valence-corrected chi connectivity index (χ4v) is 4.71. The third-order valence-corrected chi connectivity index (χ3v) is 6.69. The molecule has 0 radical (unpaired) electrons. The lowest BCUT2D eigenvalue weighted by atomic mass is 9.84. The molecule has 1 atom stereocenters. The predicted molar refractivity (Wildman–Crippen MR) is 133 cm³/mol. The van der Waals surface area contributed by atoms with Gasteiger partial charge in [-0.15, -0.1) is 0 Å². The zero-order valence-electron chi connectivity index (χ0n) is 20.3. The molecule has 4 rings (SSSR count). The molecule has 0 saturated carbocycles. The minimum Gasteiger partial charge on any atom is -0.511 e. The van der Waals surface area contributed by atoms with E-state index in [1.807, 2.05) is 6.07 Å². The average Bonchev–Trinajstić information content (AvgIpc) is 2.87. The Bertz CT molecular complexity index is 1110. The Morgan fingerprint density at radius 1 is 1.06 bits per heavy atom. The van der Waals surface area contributed by atoms with Crippen LogP contribution in [0.1, 0.15) is 24.5 Å². The van der Waals surface area contributed by atoms with Crippen LogP contribution in [0.25, 0.3) is 10.9 Å². The molecule has 10 nitrogen and oxygen atoms in total.